The number of ether oxygens (including phenoxy) is 1. The number of para-hydroxylation sites is 1. The third-order valence-electron chi connectivity index (χ3n) is 3.27. The molecule has 0 radical (unpaired) electrons. The van der Waals surface area contributed by atoms with Gasteiger partial charge in [0.2, 0.25) is 0 Å². The molecule has 5 nitrogen and oxygen atoms in total. The Hall–Kier alpha value is -2.04. The minimum Gasteiger partial charge on any atom is -0.405 e. The van der Waals surface area contributed by atoms with Crippen LogP contribution >= 0.6 is 24.0 Å². The van der Waals surface area contributed by atoms with Crippen molar-refractivity contribution in [3.63, 3.8) is 0 Å². The van der Waals surface area contributed by atoms with Crippen LogP contribution in [0.3, 0.4) is 0 Å². The minimum absolute atomic E-state index is 0. The summed E-state index contributed by atoms with van der Waals surface area (Å²) in [6.45, 7) is 0.743. The minimum atomic E-state index is -4.72. The van der Waals surface area contributed by atoms with Gasteiger partial charge >= 0.3 is 6.36 Å². The lowest BCUT2D eigenvalue weighted by Gasteiger charge is -2.15. The number of aliphatic imine (C=N–C) groups is 1. The summed E-state index contributed by atoms with van der Waals surface area (Å²) in [6, 6.07) is 11.7. The van der Waals surface area contributed by atoms with Crippen LogP contribution in [-0.2, 0) is 13.0 Å². The summed E-state index contributed by atoms with van der Waals surface area (Å²) in [5.74, 6) is 0.254. The van der Waals surface area contributed by atoms with Crippen molar-refractivity contribution in [3.8, 4) is 5.75 Å². The van der Waals surface area contributed by atoms with Gasteiger partial charge in [-0.15, -0.1) is 37.1 Å². The molecule has 2 N–H and O–H groups in total. The third-order valence-corrected chi connectivity index (χ3v) is 3.27. The maximum Gasteiger partial charge on any atom is 0.573 e. The van der Waals surface area contributed by atoms with Gasteiger partial charge in [0.25, 0.3) is 0 Å². The van der Waals surface area contributed by atoms with Gasteiger partial charge in [0, 0.05) is 44.0 Å². The van der Waals surface area contributed by atoms with E-state index in [1.807, 2.05) is 18.2 Å². The molecular formula is C17H20F3IN4O. The molecule has 1 aromatic carbocycles. The van der Waals surface area contributed by atoms with Gasteiger partial charge < -0.3 is 15.4 Å². The second kappa shape index (κ2) is 10.8. The van der Waals surface area contributed by atoms with Gasteiger partial charge in [-0.1, -0.05) is 24.3 Å². The van der Waals surface area contributed by atoms with Crippen LogP contribution in [0.4, 0.5) is 13.2 Å². The number of aromatic nitrogens is 1. The Morgan fingerprint density at radius 3 is 2.50 bits per heavy atom. The number of rotatable bonds is 6. The van der Waals surface area contributed by atoms with E-state index in [9.17, 15) is 13.2 Å². The van der Waals surface area contributed by atoms with E-state index in [1.165, 1.54) is 12.1 Å². The van der Waals surface area contributed by atoms with Gasteiger partial charge in [-0.3, -0.25) is 9.98 Å². The highest BCUT2D eigenvalue weighted by Gasteiger charge is 2.31. The average molecular weight is 480 g/mol. The highest BCUT2D eigenvalue weighted by Crippen LogP contribution is 2.25. The van der Waals surface area contributed by atoms with Crippen molar-refractivity contribution in [2.24, 2.45) is 4.99 Å². The molecule has 2 rings (SSSR count). The first-order chi connectivity index (χ1) is 12.0. The van der Waals surface area contributed by atoms with E-state index in [0.29, 0.717) is 24.5 Å². The molecule has 0 aliphatic rings. The zero-order chi connectivity index (χ0) is 18.1. The van der Waals surface area contributed by atoms with Gasteiger partial charge in [0.15, 0.2) is 5.96 Å². The van der Waals surface area contributed by atoms with Gasteiger partial charge in [0.05, 0.1) is 0 Å². The summed E-state index contributed by atoms with van der Waals surface area (Å²) < 4.78 is 41.3. The Labute approximate surface area is 167 Å². The number of benzene rings is 1. The van der Waals surface area contributed by atoms with E-state index in [-0.39, 0.29) is 36.3 Å². The van der Waals surface area contributed by atoms with E-state index in [1.54, 1.807) is 25.4 Å². The molecule has 0 aliphatic heterocycles. The van der Waals surface area contributed by atoms with Crippen LogP contribution < -0.4 is 15.4 Å². The lowest BCUT2D eigenvalue weighted by Crippen LogP contribution is -2.38. The van der Waals surface area contributed by atoms with Crippen LogP contribution in [0.1, 0.15) is 11.3 Å². The molecule has 0 atom stereocenters. The van der Waals surface area contributed by atoms with Gasteiger partial charge in [0.1, 0.15) is 5.75 Å². The summed E-state index contributed by atoms with van der Waals surface area (Å²) in [5, 5.41) is 6.06. The second-order valence-electron chi connectivity index (χ2n) is 5.08. The number of alkyl halides is 3. The van der Waals surface area contributed by atoms with Crippen molar-refractivity contribution >= 4 is 29.9 Å². The SMILES string of the molecule is CN=C(NCCc1ccccn1)NCc1ccccc1OC(F)(F)F.I. The Balaban J connectivity index is 0.00000338. The van der Waals surface area contributed by atoms with E-state index in [4.69, 9.17) is 0 Å². The molecule has 0 unspecified atom stereocenters. The van der Waals surface area contributed by atoms with Crippen molar-refractivity contribution in [3.05, 3.63) is 59.9 Å². The van der Waals surface area contributed by atoms with Gasteiger partial charge in [-0.05, 0) is 18.2 Å². The van der Waals surface area contributed by atoms with Crippen LogP contribution in [0.25, 0.3) is 0 Å². The van der Waals surface area contributed by atoms with Crippen molar-refractivity contribution in [2.45, 2.75) is 19.3 Å². The van der Waals surface area contributed by atoms with Gasteiger partial charge in [-0.25, -0.2) is 0 Å². The largest absolute Gasteiger partial charge is 0.573 e. The molecule has 2 aromatic rings. The summed E-state index contributed by atoms with van der Waals surface area (Å²) in [7, 11) is 1.59. The lowest BCUT2D eigenvalue weighted by atomic mass is 10.2. The monoisotopic (exact) mass is 480 g/mol. The lowest BCUT2D eigenvalue weighted by molar-refractivity contribution is -0.274. The fourth-order valence-electron chi connectivity index (χ4n) is 2.13. The Morgan fingerprint density at radius 2 is 1.85 bits per heavy atom. The van der Waals surface area contributed by atoms with Crippen LogP contribution in [-0.4, -0.2) is 30.9 Å². The molecule has 0 saturated carbocycles. The fraction of sp³-hybridized carbons (Fsp3) is 0.294. The van der Waals surface area contributed by atoms with Crippen LogP contribution in [0.5, 0.6) is 5.75 Å². The Morgan fingerprint density at radius 1 is 1.12 bits per heavy atom. The van der Waals surface area contributed by atoms with Crippen molar-refractivity contribution < 1.29 is 17.9 Å². The predicted molar refractivity (Wildman–Crippen MR) is 105 cm³/mol. The maximum atomic E-state index is 12.4. The number of guanidine groups is 1. The highest BCUT2D eigenvalue weighted by atomic mass is 127. The predicted octanol–water partition coefficient (Wildman–Crippen LogP) is 3.51. The van der Waals surface area contributed by atoms with Crippen LogP contribution in [0.2, 0.25) is 0 Å². The molecule has 0 spiro atoms. The molecular weight excluding hydrogens is 460 g/mol. The number of hydrogen-bond acceptors (Lipinski definition) is 3. The molecule has 1 heterocycles. The van der Waals surface area contributed by atoms with Crippen LogP contribution in [0.15, 0.2) is 53.7 Å². The Kier molecular flexibility index (Phi) is 9.17. The van der Waals surface area contributed by atoms with Crippen molar-refractivity contribution in [1.29, 1.82) is 0 Å². The zero-order valence-corrected chi connectivity index (χ0v) is 16.4. The van der Waals surface area contributed by atoms with E-state index < -0.39 is 6.36 Å². The first-order valence-corrected chi connectivity index (χ1v) is 7.66. The number of nitrogens with one attached hydrogen (secondary N) is 2. The summed E-state index contributed by atoms with van der Waals surface area (Å²) >= 11 is 0. The second-order valence-corrected chi connectivity index (χ2v) is 5.08. The maximum absolute atomic E-state index is 12.4. The summed E-state index contributed by atoms with van der Waals surface area (Å²) in [4.78, 5) is 8.27. The number of hydrogen-bond donors (Lipinski definition) is 2. The molecule has 26 heavy (non-hydrogen) atoms. The average Bonchev–Trinajstić information content (AvgIpc) is 2.58. The van der Waals surface area contributed by atoms with Gasteiger partial charge in [-0.2, -0.15) is 0 Å². The topological polar surface area (TPSA) is 58.5 Å². The summed E-state index contributed by atoms with van der Waals surface area (Å²) in [6.07, 6.45) is -2.30. The van der Waals surface area contributed by atoms with E-state index in [2.05, 4.69) is 25.3 Å². The molecule has 1 aromatic heterocycles. The molecule has 0 saturated heterocycles. The zero-order valence-electron chi connectivity index (χ0n) is 14.1. The smallest absolute Gasteiger partial charge is 0.405 e. The molecule has 0 fully saturated rings. The number of nitrogens with zero attached hydrogens (tertiary/aromatic N) is 2. The standard InChI is InChI=1S/C17H19F3N4O.HI/c1-21-16(23-11-9-14-7-4-5-10-22-14)24-12-13-6-2-3-8-15(13)25-17(18,19)20;/h2-8,10H,9,11-12H2,1H3,(H2,21,23,24);1H. The molecule has 0 amide bonds. The fourth-order valence-corrected chi connectivity index (χ4v) is 2.13. The number of pyridine rings is 1. The molecule has 9 heteroatoms. The molecule has 142 valence electrons. The third kappa shape index (κ3) is 7.89. The summed E-state index contributed by atoms with van der Waals surface area (Å²) in [5.41, 5.74) is 1.32. The Bertz CT molecular complexity index is 696. The number of halogens is 4. The first-order valence-electron chi connectivity index (χ1n) is 7.66. The first kappa shape index (κ1) is 22.0. The normalized spacial score (nSPS) is 11.5. The van der Waals surface area contributed by atoms with Crippen LogP contribution in [0, 0.1) is 0 Å². The highest BCUT2D eigenvalue weighted by molar-refractivity contribution is 14.0. The molecule has 0 bridgehead atoms. The van der Waals surface area contributed by atoms with E-state index >= 15 is 0 Å². The van der Waals surface area contributed by atoms with Crippen molar-refractivity contribution in [1.82, 2.24) is 15.6 Å². The van der Waals surface area contributed by atoms with E-state index in [0.717, 1.165) is 5.69 Å². The van der Waals surface area contributed by atoms with Crippen molar-refractivity contribution in [2.75, 3.05) is 13.6 Å². The molecule has 0 aliphatic carbocycles. The quantitative estimate of drug-likeness (QED) is 0.378.